The summed E-state index contributed by atoms with van der Waals surface area (Å²) in [5.41, 5.74) is 6.07. The molecule has 0 aliphatic carbocycles. The minimum absolute atomic E-state index is 0.0111. The van der Waals surface area contributed by atoms with Crippen LogP contribution in [0.15, 0.2) is 17.5 Å². The number of carbonyl (C=O) groups excluding carboxylic acids is 1. The molecule has 1 amide bonds. The number of nitrogen functional groups attached to an aromatic ring is 1. The molecule has 0 spiro atoms. The lowest BCUT2D eigenvalue weighted by Gasteiger charge is -2.07. The zero-order valence-corrected chi connectivity index (χ0v) is 11.8. The lowest BCUT2D eigenvalue weighted by Crippen LogP contribution is -2.14. The highest BCUT2D eigenvalue weighted by molar-refractivity contribution is 7.13. The summed E-state index contributed by atoms with van der Waals surface area (Å²) < 4.78 is 0. The summed E-state index contributed by atoms with van der Waals surface area (Å²) in [6.45, 7) is 1.78. The topological polar surface area (TPSA) is 111 Å². The fourth-order valence-electron chi connectivity index (χ4n) is 1.47. The van der Waals surface area contributed by atoms with Gasteiger partial charge < -0.3 is 5.73 Å². The van der Waals surface area contributed by atoms with Crippen molar-refractivity contribution in [1.82, 2.24) is 4.98 Å². The van der Waals surface area contributed by atoms with Crippen molar-refractivity contribution in [3.63, 3.8) is 0 Å². The van der Waals surface area contributed by atoms with E-state index in [1.807, 2.05) is 0 Å². The molecule has 104 valence electrons. The Labute approximate surface area is 122 Å². The zero-order valence-electron chi connectivity index (χ0n) is 10.2. The molecule has 1 heterocycles. The van der Waals surface area contributed by atoms with Crippen molar-refractivity contribution in [1.29, 1.82) is 0 Å². The van der Waals surface area contributed by atoms with Gasteiger partial charge in [0.25, 0.3) is 11.6 Å². The first-order valence-electron chi connectivity index (χ1n) is 5.35. The summed E-state index contributed by atoms with van der Waals surface area (Å²) in [5.74, 6) is -0.595. The summed E-state index contributed by atoms with van der Waals surface area (Å²) >= 11 is 7.03. The predicted octanol–water partition coefficient (Wildman–Crippen LogP) is 2.85. The molecule has 0 aliphatic rings. The summed E-state index contributed by atoms with van der Waals surface area (Å²) in [6.07, 6.45) is 0. The number of amides is 1. The Morgan fingerprint density at radius 2 is 2.25 bits per heavy atom. The fraction of sp³-hybridized carbons (Fsp3) is 0.0909. The molecule has 1 aromatic heterocycles. The molecule has 0 bridgehead atoms. The highest BCUT2D eigenvalue weighted by atomic mass is 35.5. The number of nitro benzene ring substituents is 1. The molecular weight excluding hydrogens is 304 g/mol. The van der Waals surface area contributed by atoms with Gasteiger partial charge in [-0.2, -0.15) is 0 Å². The Hall–Kier alpha value is -2.19. The van der Waals surface area contributed by atoms with Gasteiger partial charge in [0.05, 0.1) is 26.9 Å². The van der Waals surface area contributed by atoms with E-state index < -0.39 is 10.8 Å². The SMILES string of the molecule is Cc1csc(NC(=O)c2cc([N+](=O)[O-])cc(Cl)c2N)n1. The standard InChI is InChI=1S/C11H9ClN4O3S/c1-5-4-20-11(14-5)15-10(17)7-2-6(16(18)19)3-8(12)9(7)13/h2-4H,13H2,1H3,(H,14,15,17). The average Bonchev–Trinajstić information content (AvgIpc) is 2.77. The maximum Gasteiger partial charge on any atom is 0.271 e. The highest BCUT2D eigenvalue weighted by Gasteiger charge is 2.19. The van der Waals surface area contributed by atoms with Crippen LogP contribution in [0, 0.1) is 17.0 Å². The Kier molecular flexibility index (Phi) is 3.86. The summed E-state index contributed by atoms with van der Waals surface area (Å²) in [6, 6.07) is 2.18. The Morgan fingerprint density at radius 3 is 2.80 bits per heavy atom. The van der Waals surface area contributed by atoms with Crippen LogP contribution in [0.25, 0.3) is 0 Å². The second-order valence-corrected chi connectivity index (χ2v) is 5.16. The predicted molar refractivity (Wildman–Crippen MR) is 77.3 cm³/mol. The van der Waals surface area contributed by atoms with E-state index in [2.05, 4.69) is 10.3 Å². The minimum Gasteiger partial charge on any atom is -0.397 e. The third kappa shape index (κ3) is 2.86. The normalized spacial score (nSPS) is 10.3. The Morgan fingerprint density at radius 1 is 1.55 bits per heavy atom. The monoisotopic (exact) mass is 312 g/mol. The van der Waals surface area contributed by atoms with Crippen molar-refractivity contribution >= 4 is 45.4 Å². The second-order valence-electron chi connectivity index (χ2n) is 3.89. The number of thiazole rings is 1. The van der Waals surface area contributed by atoms with Gasteiger partial charge >= 0.3 is 0 Å². The van der Waals surface area contributed by atoms with Crippen molar-refractivity contribution in [3.8, 4) is 0 Å². The number of nitrogens with one attached hydrogen (secondary N) is 1. The molecule has 0 fully saturated rings. The third-order valence-electron chi connectivity index (χ3n) is 2.41. The smallest absolute Gasteiger partial charge is 0.271 e. The molecule has 1 aromatic carbocycles. The third-order valence-corrected chi connectivity index (χ3v) is 3.60. The number of aryl methyl sites for hydroxylation is 1. The number of hydrogen-bond donors (Lipinski definition) is 2. The van der Waals surface area contributed by atoms with Crippen molar-refractivity contribution in [2.45, 2.75) is 6.92 Å². The fourth-order valence-corrected chi connectivity index (χ4v) is 2.37. The number of aromatic nitrogens is 1. The van der Waals surface area contributed by atoms with Crippen LogP contribution in [-0.2, 0) is 0 Å². The van der Waals surface area contributed by atoms with Crippen LogP contribution < -0.4 is 11.1 Å². The molecule has 20 heavy (non-hydrogen) atoms. The molecule has 9 heteroatoms. The first kappa shape index (κ1) is 14.2. The number of benzene rings is 1. The maximum absolute atomic E-state index is 12.1. The van der Waals surface area contributed by atoms with E-state index >= 15 is 0 Å². The number of anilines is 2. The number of nitrogens with zero attached hydrogens (tertiary/aromatic N) is 2. The van der Waals surface area contributed by atoms with E-state index in [-0.39, 0.29) is 22.0 Å². The van der Waals surface area contributed by atoms with Gasteiger partial charge in [-0.3, -0.25) is 20.2 Å². The molecule has 2 aromatic rings. The van der Waals surface area contributed by atoms with Crippen LogP contribution in [0.1, 0.15) is 16.1 Å². The number of carbonyl (C=O) groups is 1. The molecule has 2 rings (SSSR count). The largest absolute Gasteiger partial charge is 0.397 e. The Balaban J connectivity index is 2.36. The first-order chi connectivity index (χ1) is 9.38. The minimum atomic E-state index is -0.643. The van der Waals surface area contributed by atoms with Crippen LogP contribution in [0.5, 0.6) is 0 Å². The van der Waals surface area contributed by atoms with Gasteiger partial charge in [-0.05, 0) is 6.92 Å². The van der Waals surface area contributed by atoms with E-state index in [1.54, 1.807) is 12.3 Å². The molecule has 0 saturated heterocycles. The summed E-state index contributed by atoms with van der Waals surface area (Å²) in [5, 5.41) is 15.4. The molecule has 0 aliphatic heterocycles. The maximum atomic E-state index is 12.1. The number of hydrogen-bond acceptors (Lipinski definition) is 6. The molecule has 0 radical (unpaired) electrons. The van der Waals surface area contributed by atoms with Crippen LogP contribution in [0.3, 0.4) is 0 Å². The van der Waals surface area contributed by atoms with Gasteiger partial charge in [0, 0.05) is 17.5 Å². The number of rotatable bonds is 3. The number of non-ortho nitro benzene ring substituents is 1. The first-order valence-corrected chi connectivity index (χ1v) is 6.61. The second kappa shape index (κ2) is 5.43. The molecule has 7 nitrogen and oxygen atoms in total. The van der Waals surface area contributed by atoms with Gasteiger partial charge in [-0.25, -0.2) is 4.98 Å². The van der Waals surface area contributed by atoms with Gasteiger partial charge in [-0.1, -0.05) is 11.6 Å². The zero-order chi connectivity index (χ0) is 14.9. The van der Waals surface area contributed by atoms with Crippen molar-refractivity contribution < 1.29 is 9.72 Å². The lowest BCUT2D eigenvalue weighted by molar-refractivity contribution is -0.384. The average molecular weight is 313 g/mol. The van der Waals surface area contributed by atoms with Gasteiger partial charge in [0.1, 0.15) is 0 Å². The molecule has 0 saturated carbocycles. The molecule has 0 atom stereocenters. The summed E-state index contributed by atoms with van der Waals surface area (Å²) in [7, 11) is 0. The van der Waals surface area contributed by atoms with Crippen molar-refractivity contribution in [2.75, 3.05) is 11.1 Å². The van der Waals surface area contributed by atoms with Crippen LogP contribution in [0.4, 0.5) is 16.5 Å². The van der Waals surface area contributed by atoms with Gasteiger partial charge in [-0.15, -0.1) is 11.3 Å². The van der Waals surface area contributed by atoms with Crippen LogP contribution in [0.2, 0.25) is 5.02 Å². The Bertz CT molecular complexity index is 701. The van der Waals surface area contributed by atoms with Crippen LogP contribution >= 0.6 is 22.9 Å². The van der Waals surface area contributed by atoms with Gasteiger partial charge in [0.15, 0.2) is 5.13 Å². The quantitative estimate of drug-likeness (QED) is 0.514. The van der Waals surface area contributed by atoms with E-state index in [1.165, 1.54) is 11.3 Å². The van der Waals surface area contributed by atoms with E-state index in [4.69, 9.17) is 17.3 Å². The number of nitro groups is 1. The number of nitrogens with two attached hydrogens (primary N) is 1. The van der Waals surface area contributed by atoms with Crippen molar-refractivity contribution in [2.24, 2.45) is 0 Å². The molecular formula is C11H9ClN4O3S. The molecule has 0 unspecified atom stereocenters. The summed E-state index contributed by atoms with van der Waals surface area (Å²) in [4.78, 5) is 26.3. The lowest BCUT2D eigenvalue weighted by atomic mass is 10.1. The van der Waals surface area contributed by atoms with E-state index in [0.717, 1.165) is 17.8 Å². The van der Waals surface area contributed by atoms with Crippen LogP contribution in [-0.4, -0.2) is 15.8 Å². The highest BCUT2D eigenvalue weighted by Crippen LogP contribution is 2.29. The molecule has 3 N–H and O–H groups in total. The van der Waals surface area contributed by atoms with Gasteiger partial charge in [0.2, 0.25) is 0 Å². The van der Waals surface area contributed by atoms with E-state index in [0.29, 0.717) is 5.13 Å². The van der Waals surface area contributed by atoms with E-state index in [9.17, 15) is 14.9 Å². The van der Waals surface area contributed by atoms with Crippen molar-refractivity contribution in [3.05, 3.63) is 43.9 Å². The number of halogens is 1.